The second-order valence-corrected chi connectivity index (χ2v) is 9.69. The molecule has 1 aromatic heterocycles. The maximum Gasteiger partial charge on any atom is 0.407 e. The number of benzene rings is 3. The number of carboxylic acid groups (broad SMARTS) is 1. The number of hydrogen-bond acceptors (Lipinski definition) is 6. The summed E-state index contributed by atoms with van der Waals surface area (Å²) in [5, 5.41) is 22.4. The predicted octanol–water partition coefficient (Wildman–Crippen LogP) is 4.03. The summed E-state index contributed by atoms with van der Waals surface area (Å²) in [6.07, 6.45) is 0.126. The third-order valence-electron chi connectivity index (χ3n) is 6.63. The van der Waals surface area contributed by atoms with Crippen LogP contribution in [0, 0.1) is 0 Å². The first kappa shape index (κ1) is 29.8. The third kappa shape index (κ3) is 8.17. The monoisotopic (exact) mass is 571 g/mol. The molecule has 42 heavy (non-hydrogen) atoms. The van der Waals surface area contributed by atoms with Gasteiger partial charge in [0.1, 0.15) is 12.6 Å². The van der Waals surface area contributed by atoms with Gasteiger partial charge in [0.25, 0.3) is 5.91 Å². The molecule has 0 aliphatic carbocycles. The molecule has 0 radical (unpaired) electrons. The van der Waals surface area contributed by atoms with Gasteiger partial charge in [0.05, 0.1) is 5.52 Å². The van der Waals surface area contributed by atoms with Crippen molar-refractivity contribution in [2.24, 2.45) is 7.05 Å². The van der Waals surface area contributed by atoms with Crippen LogP contribution >= 0.6 is 0 Å². The zero-order valence-corrected chi connectivity index (χ0v) is 23.2. The van der Waals surface area contributed by atoms with E-state index in [0.29, 0.717) is 23.1 Å². The summed E-state index contributed by atoms with van der Waals surface area (Å²) in [5.41, 5.74) is 2.95. The van der Waals surface area contributed by atoms with Crippen LogP contribution in [-0.4, -0.2) is 51.4 Å². The molecule has 3 amide bonds. The Morgan fingerprint density at radius 2 is 1.67 bits per heavy atom. The Balaban J connectivity index is 1.42. The molecule has 0 saturated carbocycles. The van der Waals surface area contributed by atoms with Gasteiger partial charge in [-0.25, -0.2) is 4.79 Å². The molecule has 3 aromatic carbocycles. The zero-order valence-electron chi connectivity index (χ0n) is 23.2. The minimum atomic E-state index is -0.965. The van der Waals surface area contributed by atoms with Gasteiger partial charge in [-0.1, -0.05) is 66.7 Å². The fourth-order valence-electron chi connectivity index (χ4n) is 4.47. The number of anilines is 1. The summed E-state index contributed by atoms with van der Waals surface area (Å²) in [6, 6.07) is 22.5. The van der Waals surface area contributed by atoms with Crippen molar-refractivity contribution in [3.63, 3.8) is 0 Å². The number of nitrogens with one attached hydrogen (secondary N) is 3. The Morgan fingerprint density at radius 3 is 2.45 bits per heavy atom. The molecule has 0 spiro atoms. The average molecular weight is 572 g/mol. The van der Waals surface area contributed by atoms with Crippen molar-refractivity contribution in [2.45, 2.75) is 38.3 Å². The molecule has 4 N–H and O–H groups in total. The number of aliphatic carboxylic acids is 1. The van der Waals surface area contributed by atoms with Crippen molar-refractivity contribution in [3.05, 3.63) is 95.7 Å². The minimum Gasteiger partial charge on any atom is -0.481 e. The van der Waals surface area contributed by atoms with E-state index in [1.807, 2.05) is 48.5 Å². The molecule has 1 heterocycles. The number of carboxylic acids is 1. The van der Waals surface area contributed by atoms with Crippen LogP contribution in [0.15, 0.2) is 78.9 Å². The quantitative estimate of drug-likeness (QED) is 0.177. The lowest BCUT2D eigenvalue weighted by Crippen LogP contribution is -2.44. The molecule has 218 valence electrons. The first-order valence-corrected chi connectivity index (χ1v) is 13.6. The molecule has 0 fully saturated rings. The number of rotatable bonds is 13. The molecule has 11 nitrogen and oxygen atoms in total. The van der Waals surface area contributed by atoms with Crippen LogP contribution in [0.1, 0.15) is 40.9 Å². The van der Waals surface area contributed by atoms with Crippen LogP contribution in [0.3, 0.4) is 0 Å². The number of carbonyl (C=O) groups is 4. The number of ether oxygens (including phenoxy) is 1. The number of alkyl carbamates (subject to hydrolysis) is 1. The molecule has 4 rings (SSSR count). The lowest BCUT2D eigenvalue weighted by atomic mass is 10.1. The SMILES string of the molecule is Cn1nc(C(=O)N[C@@H](CCCNC(=O)OCc2ccccc2)C(=O)Nc2ccccc2CCC(=O)O)c2ccccc21. The standard InChI is InChI=1S/C31H33N5O6/c1-36-26-16-8-6-13-23(26)28(35-36)30(40)34-25(15-9-19-32-31(41)42-20-21-10-3-2-4-11-21)29(39)33-24-14-7-5-12-22(24)17-18-27(37)38/h2-8,10-14,16,25H,9,15,17-20H2,1H3,(H,32,41)(H,33,39)(H,34,40)(H,37,38)/t25-/m0/s1. The topological polar surface area (TPSA) is 152 Å². The Bertz CT molecular complexity index is 1550. The van der Waals surface area contributed by atoms with Gasteiger partial charge >= 0.3 is 12.1 Å². The van der Waals surface area contributed by atoms with Gasteiger partial charge < -0.3 is 25.8 Å². The molecule has 11 heteroatoms. The normalized spacial score (nSPS) is 11.5. The molecule has 4 aromatic rings. The highest BCUT2D eigenvalue weighted by molar-refractivity contribution is 6.07. The Morgan fingerprint density at radius 1 is 0.952 bits per heavy atom. The van der Waals surface area contributed by atoms with E-state index in [1.165, 1.54) is 0 Å². The van der Waals surface area contributed by atoms with Crippen molar-refractivity contribution < 1.29 is 29.0 Å². The summed E-state index contributed by atoms with van der Waals surface area (Å²) in [7, 11) is 1.74. The van der Waals surface area contributed by atoms with Gasteiger partial charge in [-0.05, 0) is 42.5 Å². The van der Waals surface area contributed by atoms with Crippen molar-refractivity contribution in [1.29, 1.82) is 0 Å². The molecule has 0 bridgehead atoms. The molecule has 0 saturated heterocycles. The highest BCUT2D eigenvalue weighted by Crippen LogP contribution is 2.20. The average Bonchev–Trinajstić information content (AvgIpc) is 3.34. The molecule has 0 unspecified atom stereocenters. The van der Waals surface area contributed by atoms with Crippen LogP contribution in [0.25, 0.3) is 10.9 Å². The van der Waals surface area contributed by atoms with E-state index in [9.17, 15) is 19.2 Å². The number of para-hydroxylation sites is 2. The zero-order chi connectivity index (χ0) is 29.9. The summed E-state index contributed by atoms with van der Waals surface area (Å²) in [5.74, 6) is -1.93. The van der Waals surface area contributed by atoms with Crippen LogP contribution in [0.4, 0.5) is 10.5 Å². The summed E-state index contributed by atoms with van der Waals surface area (Å²) in [4.78, 5) is 50.0. The lowest BCUT2D eigenvalue weighted by molar-refractivity contribution is -0.137. The molecular formula is C31H33N5O6. The minimum absolute atomic E-state index is 0.0914. The summed E-state index contributed by atoms with van der Waals surface area (Å²) >= 11 is 0. The van der Waals surface area contributed by atoms with E-state index in [2.05, 4.69) is 21.0 Å². The van der Waals surface area contributed by atoms with Crippen LogP contribution in [0.2, 0.25) is 0 Å². The van der Waals surface area contributed by atoms with Gasteiger partial charge in [-0.2, -0.15) is 5.10 Å². The van der Waals surface area contributed by atoms with Crippen molar-refractivity contribution in [2.75, 3.05) is 11.9 Å². The fraction of sp³-hybridized carbons (Fsp3) is 0.258. The predicted molar refractivity (Wildman–Crippen MR) is 157 cm³/mol. The number of aryl methyl sites for hydroxylation is 2. The maximum absolute atomic E-state index is 13.4. The van der Waals surface area contributed by atoms with Gasteiger partial charge in [0.15, 0.2) is 5.69 Å². The highest BCUT2D eigenvalue weighted by Gasteiger charge is 2.25. The van der Waals surface area contributed by atoms with Crippen molar-refractivity contribution in [1.82, 2.24) is 20.4 Å². The van der Waals surface area contributed by atoms with Crippen molar-refractivity contribution in [3.8, 4) is 0 Å². The third-order valence-corrected chi connectivity index (χ3v) is 6.63. The van der Waals surface area contributed by atoms with Crippen molar-refractivity contribution >= 4 is 40.5 Å². The summed E-state index contributed by atoms with van der Waals surface area (Å²) in [6.45, 7) is 0.349. The second kappa shape index (κ2) is 14.4. The van der Waals surface area contributed by atoms with E-state index in [4.69, 9.17) is 9.84 Å². The number of nitrogens with zero attached hydrogens (tertiary/aromatic N) is 2. The van der Waals surface area contributed by atoms with Crippen LogP contribution in [-0.2, 0) is 34.4 Å². The van der Waals surface area contributed by atoms with Gasteiger partial charge in [-0.15, -0.1) is 0 Å². The smallest absolute Gasteiger partial charge is 0.407 e. The van der Waals surface area contributed by atoms with E-state index in [0.717, 1.165) is 11.1 Å². The number of fused-ring (bicyclic) bond motifs is 1. The van der Waals surface area contributed by atoms with Gasteiger partial charge in [-0.3, -0.25) is 19.1 Å². The maximum atomic E-state index is 13.4. The highest BCUT2D eigenvalue weighted by atomic mass is 16.5. The van der Waals surface area contributed by atoms with E-state index in [-0.39, 0.29) is 38.1 Å². The number of carbonyl (C=O) groups excluding carboxylic acids is 3. The second-order valence-electron chi connectivity index (χ2n) is 9.69. The lowest BCUT2D eigenvalue weighted by Gasteiger charge is -2.19. The first-order valence-electron chi connectivity index (χ1n) is 13.6. The molecule has 0 aliphatic heterocycles. The van der Waals surface area contributed by atoms with E-state index in [1.54, 1.807) is 42.1 Å². The van der Waals surface area contributed by atoms with E-state index >= 15 is 0 Å². The number of amides is 3. The molecule has 0 aliphatic rings. The first-order chi connectivity index (χ1) is 20.3. The van der Waals surface area contributed by atoms with Crippen LogP contribution in [0.5, 0.6) is 0 Å². The van der Waals surface area contributed by atoms with E-state index < -0.39 is 29.9 Å². The molecular weight excluding hydrogens is 538 g/mol. The number of hydrogen-bond donors (Lipinski definition) is 4. The molecule has 1 atom stereocenters. The summed E-state index contributed by atoms with van der Waals surface area (Å²) < 4.78 is 6.83. The Kier molecular flexibility index (Phi) is 10.2. The number of aromatic nitrogens is 2. The Hall–Kier alpha value is -5.19. The van der Waals surface area contributed by atoms with Crippen LogP contribution < -0.4 is 16.0 Å². The fourth-order valence-corrected chi connectivity index (χ4v) is 4.47. The largest absolute Gasteiger partial charge is 0.481 e. The van der Waals surface area contributed by atoms with Gasteiger partial charge in [0.2, 0.25) is 5.91 Å². The van der Waals surface area contributed by atoms with Gasteiger partial charge in [0, 0.05) is 31.1 Å². The Labute approximate surface area is 242 Å².